The van der Waals surface area contributed by atoms with E-state index in [1.54, 1.807) is 0 Å². The van der Waals surface area contributed by atoms with Gasteiger partial charge in [0.25, 0.3) is 0 Å². The number of nitrogens with two attached hydrogens (primary N) is 1. The second-order valence-electron chi connectivity index (χ2n) is 4.97. The first-order chi connectivity index (χ1) is 9.89. The molecule has 118 valence electrons. The second kappa shape index (κ2) is 6.31. The van der Waals surface area contributed by atoms with Crippen LogP contribution in [0.3, 0.4) is 0 Å². The number of para-hydroxylation sites is 1. The van der Waals surface area contributed by atoms with Gasteiger partial charge in [-0.15, -0.1) is 0 Å². The number of fused-ring (bicyclic) bond motifs is 1. The van der Waals surface area contributed by atoms with E-state index in [1.807, 2.05) is 38.1 Å². The number of hydrogen-bond acceptors (Lipinski definition) is 5. The quantitative estimate of drug-likeness (QED) is 0.870. The van der Waals surface area contributed by atoms with E-state index in [4.69, 9.17) is 14.6 Å². The first-order valence-electron chi connectivity index (χ1n) is 7.02. The number of hydrogen-bond donors (Lipinski definition) is 1. The third kappa shape index (κ3) is 3.94. The molecule has 0 fully saturated rings. The molecule has 6 nitrogen and oxygen atoms in total. The molecule has 0 aromatic heterocycles. The maximum Gasteiger partial charge on any atom is 0.333 e. The van der Waals surface area contributed by atoms with E-state index < -0.39 is 16.1 Å². The summed E-state index contributed by atoms with van der Waals surface area (Å²) >= 11 is 0. The van der Waals surface area contributed by atoms with Gasteiger partial charge in [-0.1, -0.05) is 32.0 Å². The van der Waals surface area contributed by atoms with Crippen molar-refractivity contribution in [3.8, 4) is 5.75 Å². The summed E-state index contributed by atoms with van der Waals surface area (Å²) in [6, 6.07) is 7.60. The van der Waals surface area contributed by atoms with Crippen molar-refractivity contribution in [2.75, 3.05) is 6.61 Å². The highest BCUT2D eigenvalue weighted by atomic mass is 32.2. The normalized spacial score (nSPS) is 20.6. The van der Waals surface area contributed by atoms with Gasteiger partial charge in [-0.25, -0.2) is 5.14 Å². The molecule has 1 aromatic rings. The summed E-state index contributed by atoms with van der Waals surface area (Å²) in [5.74, 6) is 0.0914. The molecule has 1 aliphatic rings. The molecule has 1 aliphatic heterocycles. The van der Waals surface area contributed by atoms with E-state index >= 15 is 0 Å². The second-order valence-corrected chi connectivity index (χ2v) is 6.19. The lowest BCUT2D eigenvalue weighted by molar-refractivity contribution is -0.235. The first kappa shape index (κ1) is 16.2. The maximum absolute atomic E-state index is 10.8. The predicted molar refractivity (Wildman–Crippen MR) is 77.9 cm³/mol. The van der Waals surface area contributed by atoms with Gasteiger partial charge in [0.1, 0.15) is 5.75 Å². The molecule has 7 heteroatoms. The van der Waals surface area contributed by atoms with Crippen molar-refractivity contribution in [3.63, 3.8) is 0 Å². The highest BCUT2D eigenvalue weighted by molar-refractivity contribution is 7.84. The van der Waals surface area contributed by atoms with Crippen LogP contribution in [0.5, 0.6) is 5.75 Å². The van der Waals surface area contributed by atoms with Crippen LogP contribution in [0.2, 0.25) is 0 Å². The summed E-state index contributed by atoms with van der Waals surface area (Å²) in [5, 5.41) is 4.84. The Labute approximate surface area is 125 Å². The fraction of sp³-hybridized carbons (Fsp3) is 0.571. The van der Waals surface area contributed by atoms with Gasteiger partial charge < -0.3 is 9.47 Å². The van der Waals surface area contributed by atoms with Crippen molar-refractivity contribution >= 4 is 10.3 Å². The topological polar surface area (TPSA) is 87.9 Å². The minimum atomic E-state index is -3.93. The molecule has 2 N–H and O–H groups in total. The van der Waals surface area contributed by atoms with Crippen molar-refractivity contribution in [1.29, 1.82) is 0 Å². The highest BCUT2D eigenvalue weighted by Crippen LogP contribution is 2.42. The molecule has 1 atom stereocenters. The number of ether oxygens (including phenoxy) is 2. The Kier molecular flexibility index (Phi) is 4.88. The average molecular weight is 315 g/mol. The van der Waals surface area contributed by atoms with E-state index in [0.29, 0.717) is 19.3 Å². The molecular formula is C14H21NO5S. The van der Waals surface area contributed by atoms with Crippen molar-refractivity contribution in [1.82, 2.24) is 0 Å². The van der Waals surface area contributed by atoms with Crippen molar-refractivity contribution in [2.24, 2.45) is 5.14 Å². The van der Waals surface area contributed by atoms with Crippen LogP contribution in [0.15, 0.2) is 24.3 Å². The largest absolute Gasteiger partial charge is 0.462 e. The summed E-state index contributed by atoms with van der Waals surface area (Å²) in [4.78, 5) is 0. The van der Waals surface area contributed by atoms with Crippen molar-refractivity contribution in [2.45, 2.75) is 45.0 Å². The van der Waals surface area contributed by atoms with E-state index in [2.05, 4.69) is 4.18 Å². The fourth-order valence-corrected chi connectivity index (χ4v) is 2.76. The van der Waals surface area contributed by atoms with Crippen LogP contribution in [0.1, 0.15) is 44.8 Å². The van der Waals surface area contributed by atoms with Crippen LogP contribution >= 0.6 is 0 Å². The zero-order chi connectivity index (χ0) is 15.5. The Hall–Kier alpha value is -1.15. The van der Waals surface area contributed by atoms with E-state index in [1.165, 1.54) is 0 Å². The molecule has 0 saturated carbocycles. The maximum atomic E-state index is 10.8. The van der Waals surface area contributed by atoms with Gasteiger partial charge in [-0.2, -0.15) is 8.42 Å². The third-order valence-corrected chi connectivity index (χ3v) is 4.12. The smallest absolute Gasteiger partial charge is 0.333 e. The lowest BCUT2D eigenvalue weighted by atomic mass is 10.0. The monoisotopic (exact) mass is 315 g/mol. The minimum Gasteiger partial charge on any atom is -0.462 e. The van der Waals surface area contributed by atoms with E-state index in [9.17, 15) is 8.42 Å². The van der Waals surface area contributed by atoms with Crippen LogP contribution in [0, 0.1) is 0 Å². The van der Waals surface area contributed by atoms with Crippen LogP contribution in [-0.2, 0) is 19.2 Å². The molecule has 1 heterocycles. The average Bonchev–Trinajstić information content (AvgIpc) is 2.45. The molecule has 0 spiro atoms. The Morgan fingerprint density at radius 3 is 2.57 bits per heavy atom. The molecule has 0 amide bonds. The van der Waals surface area contributed by atoms with Gasteiger partial charge in [0.05, 0.1) is 12.7 Å². The molecule has 0 aliphatic carbocycles. The van der Waals surface area contributed by atoms with Gasteiger partial charge in [0.15, 0.2) is 0 Å². The molecule has 1 unspecified atom stereocenters. The van der Waals surface area contributed by atoms with Crippen molar-refractivity contribution in [3.05, 3.63) is 29.8 Å². The van der Waals surface area contributed by atoms with Gasteiger partial charge in [0.2, 0.25) is 5.79 Å². The summed E-state index contributed by atoms with van der Waals surface area (Å²) in [6.45, 7) is 3.96. The van der Waals surface area contributed by atoms with Crippen LogP contribution in [0.4, 0.5) is 0 Å². The van der Waals surface area contributed by atoms with Gasteiger partial charge in [-0.05, 0) is 6.07 Å². The summed E-state index contributed by atoms with van der Waals surface area (Å²) in [7, 11) is -3.93. The summed E-state index contributed by atoms with van der Waals surface area (Å²) in [5.41, 5.74) is 0.896. The SMILES string of the molecule is CCC1(CC)Oc2ccccc2C(CCOS(N)(=O)=O)O1. The highest BCUT2D eigenvalue weighted by Gasteiger charge is 2.39. The van der Waals surface area contributed by atoms with Gasteiger partial charge in [0, 0.05) is 24.8 Å². The third-order valence-electron chi connectivity index (χ3n) is 3.62. The summed E-state index contributed by atoms with van der Waals surface area (Å²) in [6.07, 6.45) is 1.50. The zero-order valence-corrected chi connectivity index (χ0v) is 13.1. The lowest BCUT2D eigenvalue weighted by Crippen LogP contribution is -2.42. The first-order valence-corrected chi connectivity index (χ1v) is 8.49. The Bertz CT molecular complexity index is 583. The molecular weight excluding hydrogens is 294 g/mol. The molecule has 0 radical (unpaired) electrons. The standard InChI is InChI=1S/C14H21NO5S/c1-3-14(4-2)19-12-8-6-5-7-11(12)13(20-14)9-10-18-21(15,16)17/h5-8,13H,3-4,9-10H2,1-2H3,(H2,15,16,17). The van der Waals surface area contributed by atoms with E-state index in [0.717, 1.165) is 11.3 Å². The lowest BCUT2D eigenvalue weighted by Gasteiger charge is -2.41. The van der Waals surface area contributed by atoms with E-state index in [-0.39, 0.29) is 12.7 Å². The molecule has 2 rings (SSSR count). The zero-order valence-electron chi connectivity index (χ0n) is 12.2. The molecule has 0 saturated heterocycles. The van der Waals surface area contributed by atoms with Crippen LogP contribution in [0.25, 0.3) is 0 Å². The number of rotatable bonds is 6. The minimum absolute atomic E-state index is 0.0264. The number of benzene rings is 1. The Balaban J connectivity index is 2.18. The predicted octanol–water partition coefficient (Wildman–Crippen LogP) is 2.26. The molecule has 0 bridgehead atoms. The van der Waals surface area contributed by atoms with Gasteiger partial charge >= 0.3 is 10.3 Å². The molecule has 21 heavy (non-hydrogen) atoms. The molecule has 1 aromatic carbocycles. The Morgan fingerprint density at radius 2 is 1.95 bits per heavy atom. The van der Waals surface area contributed by atoms with Crippen LogP contribution in [-0.4, -0.2) is 20.8 Å². The fourth-order valence-electron chi connectivity index (χ4n) is 2.43. The Morgan fingerprint density at radius 1 is 1.29 bits per heavy atom. The van der Waals surface area contributed by atoms with Crippen molar-refractivity contribution < 1.29 is 22.1 Å². The van der Waals surface area contributed by atoms with Gasteiger partial charge in [-0.3, -0.25) is 4.18 Å². The summed E-state index contributed by atoms with van der Waals surface area (Å²) < 4.78 is 38.4. The van der Waals surface area contributed by atoms with Crippen LogP contribution < -0.4 is 9.88 Å².